The van der Waals surface area contributed by atoms with E-state index in [1.807, 2.05) is 75.4 Å². The summed E-state index contributed by atoms with van der Waals surface area (Å²) in [5, 5.41) is 0. The fourth-order valence-corrected chi connectivity index (χ4v) is 4.39. The molecule has 2 aromatic rings. The quantitative estimate of drug-likeness (QED) is 0.289. The van der Waals surface area contributed by atoms with Crippen molar-refractivity contribution in [2.75, 3.05) is 6.61 Å². The van der Waals surface area contributed by atoms with Crippen molar-refractivity contribution in [2.45, 2.75) is 64.5 Å². The third kappa shape index (κ3) is 7.82. The Morgan fingerprint density at radius 2 is 1.74 bits per heavy atom. The lowest BCUT2D eigenvalue weighted by Crippen LogP contribution is -2.44. The van der Waals surface area contributed by atoms with E-state index in [1.165, 1.54) is 4.90 Å². The number of ether oxygens (including phenoxy) is 2. The van der Waals surface area contributed by atoms with E-state index in [-0.39, 0.29) is 30.9 Å². The van der Waals surface area contributed by atoms with Crippen LogP contribution in [0.15, 0.2) is 54.6 Å². The first-order chi connectivity index (χ1) is 16.1. The van der Waals surface area contributed by atoms with Crippen molar-refractivity contribution in [1.82, 2.24) is 4.90 Å². The zero-order valence-corrected chi connectivity index (χ0v) is 22.1. The first kappa shape index (κ1) is 26.2. The summed E-state index contributed by atoms with van der Waals surface area (Å²) in [6, 6.07) is 17.5. The number of cyclic esters (lactones) is 1. The van der Waals surface area contributed by atoms with Crippen molar-refractivity contribution < 1.29 is 23.9 Å². The molecule has 182 valence electrons. The molecule has 0 N–H and O–H groups in total. The second-order valence-corrected chi connectivity index (χ2v) is 10.9. The number of nitrogens with zero attached hydrogens (tertiary/aromatic N) is 1. The Kier molecular flexibility index (Phi) is 9.10. The summed E-state index contributed by atoms with van der Waals surface area (Å²) >= 11 is 2.26. The summed E-state index contributed by atoms with van der Waals surface area (Å²) in [5.74, 6) is -1.11. The SMILES string of the molecule is CC(C)(C)OC(=O)CC[C@@H](CCc1ccc(I)cc1)C(=O)N1C(=O)OC[C@@H]1Cc1ccccc1. The van der Waals surface area contributed by atoms with Gasteiger partial charge in [0.1, 0.15) is 12.2 Å². The third-order valence-corrected chi connectivity index (χ3v) is 6.39. The molecule has 0 radical (unpaired) electrons. The van der Waals surface area contributed by atoms with Gasteiger partial charge in [-0.1, -0.05) is 42.5 Å². The highest BCUT2D eigenvalue weighted by molar-refractivity contribution is 14.1. The van der Waals surface area contributed by atoms with Crippen LogP contribution in [-0.4, -0.2) is 41.1 Å². The highest BCUT2D eigenvalue weighted by Crippen LogP contribution is 2.25. The van der Waals surface area contributed by atoms with Gasteiger partial charge in [-0.15, -0.1) is 0 Å². The molecule has 2 atom stereocenters. The van der Waals surface area contributed by atoms with Crippen LogP contribution in [-0.2, 0) is 31.9 Å². The van der Waals surface area contributed by atoms with E-state index in [9.17, 15) is 14.4 Å². The fourth-order valence-electron chi connectivity index (χ4n) is 4.03. The number of imide groups is 1. The van der Waals surface area contributed by atoms with E-state index < -0.39 is 17.6 Å². The van der Waals surface area contributed by atoms with Gasteiger partial charge in [-0.05, 0) is 92.3 Å². The standard InChI is InChI=1S/C27H32INO5/c1-27(2,3)34-24(30)16-13-21(12-9-19-10-14-22(28)15-11-19)25(31)29-23(18-33-26(29)32)17-20-7-5-4-6-8-20/h4-8,10-11,14-15,21,23H,9,12-13,16-18H2,1-3H3/t21-,23+/m1/s1. The molecule has 1 aliphatic rings. The van der Waals surface area contributed by atoms with Gasteiger partial charge in [0.25, 0.3) is 0 Å². The first-order valence-corrected chi connectivity index (χ1v) is 12.7. The van der Waals surface area contributed by atoms with Crippen molar-refractivity contribution in [3.63, 3.8) is 0 Å². The summed E-state index contributed by atoms with van der Waals surface area (Å²) in [4.78, 5) is 39.8. The number of carbonyl (C=O) groups is 3. The lowest BCUT2D eigenvalue weighted by Gasteiger charge is -2.25. The lowest BCUT2D eigenvalue weighted by atomic mass is 9.92. The zero-order chi connectivity index (χ0) is 24.7. The monoisotopic (exact) mass is 577 g/mol. The molecule has 0 saturated carbocycles. The van der Waals surface area contributed by atoms with Gasteiger partial charge in [-0.25, -0.2) is 9.69 Å². The summed E-state index contributed by atoms with van der Waals surface area (Å²) in [6.07, 6.45) is 1.57. The summed E-state index contributed by atoms with van der Waals surface area (Å²) in [5.41, 5.74) is 1.56. The van der Waals surface area contributed by atoms with Crippen molar-refractivity contribution >= 4 is 40.6 Å². The van der Waals surface area contributed by atoms with Crippen LogP contribution in [0.3, 0.4) is 0 Å². The first-order valence-electron chi connectivity index (χ1n) is 11.6. The largest absolute Gasteiger partial charge is 0.460 e. The zero-order valence-electron chi connectivity index (χ0n) is 20.0. The van der Waals surface area contributed by atoms with E-state index in [1.54, 1.807) is 0 Å². The number of carbonyl (C=O) groups excluding carboxylic acids is 3. The van der Waals surface area contributed by atoms with Gasteiger partial charge in [0, 0.05) is 15.9 Å². The Bertz CT molecular complexity index is 984. The van der Waals surface area contributed by atoms with Crippen LogP contribution >= 0.6 is 22.6 Å². The maximum atomic E-state index is 13.6. The molecule has 0 aromatic heterocycles. The molecule has 0 spiro atoms. The van der Waals surface area contributed by atoms with E-state index in [2.05, 4.69) is 22.6 Å². The minimum Gasteiger partial charge on any atom is -0.460 e. The number of hydrogen-bond acceptors (Lipinski definition) is 5. The molecular weight excluding hydrogens is 545 g/mol. The minimum absolute atomic E-state index is 0.118. The molecule has 34 heavy (non-hydrogen) atoms. The Labute approximate surface area is 215 Å². The highest BCUT2D eigenvalue weighted by atomic mass is 127. The average molecular weight is 577 g/mol. The molecule has 0 unspecified atom stereocenters. The second-order valence-electron chi connectivity index (χ2n) is 9.62. The van der Waals surface area contributed by atoms with Crippen LogP contribution < -0.4 is 0 Å². The Balaban J connectivity index is 1.73. The summed E-state index contributed by atoms with van der Waals surface area (Å²) in [6.45, 7) is 5.63. The molecule has 1 aliphatic heterocycles. The van der Waals surface area contributed by atoms with Crippen molar-refractivity contribution in [2.24, 2.45) is 5.92 Å². The normalized spacial score (nSPS) is 16.8. The van der Waals surface area contributed by atoms with Crippen LogP contribution in [0.5, 0.6) is 0 Å². The van der Waals surface area contributed by atoms with Crippen LogP contribution in [0.25, 0.3) is 0 Å². The van der Waals surface area contributed by atoms with Gasteiger partial charge in [-0.2, -0.15) is 0 Å². The average Bonchev–Trinajstić information content (AvgIpc) is 3.14. The number of benzene rings is 2. The van der Waals surface area contributed by atoms with Gasteiger partial charge in [-0.3, -0.25) is 9.59 Å². The number of rotatable bonds is 9. The number of aryl methyl sites for hydroxylation is 1. The smallest absolute Gasteiger partial charge is 0.416 e. The van der Waals surface area contributed by atoms with Crippen LogP contribution in [0.4, 0.5) is 4.79 Å². The molecule has 2 aromatic carbocycles. The van der Waals surface area contributed by atoms with Gasteiger partial charge >= 0.3 is 12.1 Å². The molecule has 1 saturated heterocycles. The molecule has 1 heterocycles. The van der Waals surface area contributed by atoms with E-state index in [0.29, 0.717) is 25.7 Å². The molecule has 0 bridgehead atoms. The Morgan fingerprint density at radius 3 is 2.38 bits per heavy atom. The van der Waals surface area contributed by atoms with Crippen molar-refractivity contribution in [3.05, 3.63) is 69.3 Å². The predicted octanol–water partition coefficient (Wildman–Crippen LogP) is 5.55. The van der Waals surface area contributed by atoms with E-state index in [0.717, 1.165) is 14.7 Å². The van der Waals surface area contributed by atoms with Gasteiger partial charge in [0.15, 0.2) is 0 Å². The molecule has 0 aliphatic carbocycles. The summed E-state index contributed by atoms with van der Waals surface area (Å²) in [7, 11) is 0. The number of hydrogen-bond donors (Lipinski definition) is 0. The molecule has 3 rings (SSSR count). The fraction of sp³-hybridized carbons (Fsp3) is 0.444. The van der Waals surface area contributed by atoms with Gasteiger partial charge < -0.3 is 9.47 Å². The Hall–Kier alpha value is -2.42. The topological polar surface area (TPSA) is 72.9 Å². The van der Waals surface area contributed by atoms with Crippen molar-refractivity contribution in [3.8, 4) is 0 Å². The van der Waals surface area contributed by atoms with Crippen molar-refractivity contribution in [1.29, 1.82) is 0 Å². The van der Waals surface area contributed by atoms with Gasteiger partial charge in [0.05, 0.1) is 6.04 Å². The molecule has 2 amide bonds. The maximum Gasteiger partial charge on any atom is 0.416 e. The molecule has 1 fully saturated rings. The predicted molar refractivity (Wildman–Crippen MR) is 138 cm³/mol. The van der Waals surface area contributed by atoms with Gasteiger partial charge in [0.2, 0.25) is 5.91 Å². The minimum atomic E-state index is -0.609. The molecule has 7 heteroatoms. The Morgan fingerprint density at radius 1 is 1.06 bits per heavy atom. The molecule has 6 nitrogen and oxygen atoms in total. The van der Waals surface area contributed by atoms with Crippen LogP contribution in [0.1, 0.15) is 51.2 Å². The van der Waals surface area contributed by atoms with Crippen LogP contribution in [0.2, 0.25) is 0 Å². The maximum absolute atomic E-state index is 13.6. The van der Waals surface area contributed by atoms with Crippen LogP contribution in [0, 0.1) is 9.49 Å². The number of halogens is 1. The number of amides is 2. The summed E-state index contributed by atoms with van der Waals surface area (Å²) < 4.78 is 11.8. The molecular formula is C27H32INO5. The van der Waals surface area contributed by atoms with E-state index in [4.69, 9.17) is 9.47 Å². The second kappa shape index (κ2) is 11.8. The number of esters is 1. The third-order valence-electron chi connectivity index (χ3n) is 5.67. The highest BCUT2D eigenvalue weighted by Gasteiger charge is 2.40. The van der Waals surface area contributed by atoms with E-state index >= 15 is 0 Å². The lowest BCUT2D eigenvalue weighted by molar-refractivity contribution is -0.155.